The van der Waals surface area contributed by atoms with Gasteiger partial charge in [0, 0.05) is 25.3 Å². The van der Waals surface area contributed by atoms with Crippen LogP contribution in [-0.4, -0.2) is 52.9 Å². The molecule has 9 nitrogen and oxygen atoms in total. The van der Waals surface area contributed by atoms with Crippen molar-refractivity contribution < 1.29 is 13.2 Å². The number of rotatable bonds is 5. The summed E-state index contributed by atoms with van der Waals surface area (Å²) in [6.07, 6.45) is 1.43. The van der Waals surface area contributed by atoms with Gasteiger partial charge < -0.3 is 5.32 Å². The van der Waals surface area contributed by atoms with Crippen LogP contribution in [-0.2, 0) is 10.0 Å². The smallest absolute Gasteiger partial charge is 0.255 e. The van der Waals surface area contributed by atoms with Gasteiger partial charge in [0.15, 0.2) is 0 Å². The molecule has 0 bridgehead atoms. The van der Waals surface area contributed by atoms with Gasteiger partial charge in [0.2, 0.25) is 10.0 Å². The van der Waals surface area contributed by atoms with Gasteiger partial charge >= 0.3 is 0 Å². The minimum Gasteiger partial charge on any atom is -0.322 e. The van der Waals surface area contributed by atoms with Gasteiger partial charge in [0.1, 0.15) is 6.33 Å². The van der Waals surface area contributed by atoms with E-state index in [1.807, 2.05) is 0 Å². The van der Waals surface area contributed by atoms with Crippen LogP contribution < -0.4 is 5.32 Å². The predicted molar refractivity (Wildman–Crippen MR) is 94.4 cm³/mol. The van der Waals surface area contributed by atoms with E-state index >= 15 is 0 Å². The predicted octanol–water partition coefficient (Wildman–Crippen LogP) is 1.16. The highest BCUT2D eigenvalue weighted by Crippen LogP contribution is 2.18. The SMILES string of the molecule is CN(C)S(=O)(=O)c1ccc(NC(=O)c2cccc(-n3cnnn3)c2)cc1. The molecule has 0 atom stereocenters. The first-order valence-electron chi connectivity index (χ1n) is 7.55. The highest BCUT2D eigenvalue weighted by atomic mass is 32.2. The lowest BCUT2D eigenvalue weighted by Gasteiger charge is -2.12. The third-order valence-electron chi connectivity index (χ3n) is 3.61. The van der Waals surface area contributed by atoms with E-state index in [1.165, 1.54) is 37.2 Å². The Morgan fingerprint density at radius 1 is 1.12 bits per heavy atom. The number of benzene rings is 2. The normalized spacial score (nSPS) is 11.5. The third-order valence-corrected chi connectivity index (χ3v) is 5.44. The largest absolute Gasteiger partial charge is 0.322 e. The van der Waals surface area contributed by atoms with Crippen molar-refractivity contribution in [3.05, 3.63) is 60.4 Å². The molecule has 1 heterocycles. The van der Waals surface area contributed by atoms with Crippen molar-refractivity contribution in [2.45, 2.75) is 4.90 Å². The summed E-state index contributed by atoms with van der Waals surface area (Å²) in [6.45, 7) is 0. The molecule has 0 spiro atoms. The van der Waals surface area contributed by atoms with Gasteiger partial charge in [-0.2, -0.15) is 0 Å². The summed E-state index contributed by atoms with van der Waals surface area (Å²) in [4.78, 5) is 12.6. The van der Waals surface area contributed by atoms with E-state index < -0.39 is 10.0 Å². The maximum absolute atomic E-state index is 12.4. The monoisotopic (exact) mass is 372 g/mol. The fourth-order valence-electron chi connectivity index (χ4n) is 2.19. The van der Waals surface area contributed by atoms with Gasteiger partial charge in [0.05, 0.1) is 10.6 Å². The minimum atomic E-state index is -3.51. The van der Waals surface area contributed by atoms with Crippen LogP contribution in [0.5, 0.6) is 0 Å². The van der Waals surface area contributed by atoms with Crippen LogP contribution >= 0.6 is 0 Å². The number of amides is 1. The van der Waals surface area contributed by atoms with E-state index in [4.69, 9.17) is 0 Å². The number of carbonyl (C=O) groups excluding carboxylic acids is 1. The second-order valence-corrected chi connectivity index (χ2v) is 7.72. The van der Waals surface area contributed by atoms with Crippen LogP contribution in [0.3, 0.4) is 0 Å². The zero-order valence-electron chi connectivity index (χ0n) is 14.1. The van der Waals surface area contributed by atoms with E-state index in [0.717, 1.165) is 4.31 Å². The standard InChI is InChI=1S/C16H16N6O3S/c1-21(2)26(24,25)15-8-6-13(7-9-15)18-16(23)12-4-3-5-14(10-12)22-11-17-19-20-22/h3-11H,1-2H3,(H,18,23). The van der Waals surface area contributed by atoms with Crippen LogP contribution in [0.15, 0.2) is 59.8 Å². The lowest BCUT2D eigenvalue weighted by Crippen LogP contribution is -2.22. The molecule has 10 heteroatoms. The lowest BCUT2D eigenvalue weighted by molar-refractivity contribution is 0.102. The molecule has 1 N–H and O–H groups in total. The van der Waals surface area contributed by atoms with Crippen molar-refractivity contribution in [2.75, 3.05) is 19.4 Å². The topological polar surface area (TPSA) is 110 Å². The van der Waals surface area contributed by atoms with Gasteiger partial charge in [-0.15, -0.1) is 5.10 Å². The number of tetrazole rings is 1. The van der Waals surface area contributed by atoms with E-state index in [2.05, 4.69) is 20.8 Å². The fraction of sp³-hybridized carbons (Fsp3) is 0.125. The summed E-state index contributed by atoms with van der Waals surface area (Å²) in [7, 11) is -0.584. The van der Waals surface area contributed by atoms with Crippen LogP contribution in [0.2, 0.25) is 0 Å². The maximum Gasteiger partial charge on any atom is 0.255 e. The van der Waals surface area contributed by atoms with E-state index in [1.54, 1.807) is 36.4 Å². The second-order valence-electron chi connectivity index (χ2n) is 5.57. The zero-order valence-corrected chi connectivity index (χ0v) is 14.9. The molecule has 0 aliphatic heterocycles. The Labute approximate surface area is 150 Å². The Bertz CT molecular complexity index is 1010. The van der Waals surface area contributed by atoms with Crippen molar-refractivity contribution in [1.29, 1.82) is 0 Å². The van der Waals surface area contributed by atoms with Crippen LogP contribution in [0.1, 0.15) is 10.4 Å². The van der Waals surface area contributed by atoms with Gasteiger partial charge in [-0.05, 0) is 52.9 Å². The molecule has 1 amide bonds. The van der Waals surface area contributed by atoms with Gasteiger partial charge in [-0.3, -0.25) is 4.79 Å². The molecule has 134 valence electrons. The summed E-state index contributed by atoms with van der Waals surface area (Å²) in [5, 5.41) is 13.6. The molecule has 0 saturated carbocycles. The van der Waals surface area contributed by atoms with E-state index in [9.17, 15) is 13.2 Å². The highest BCUT2D eigenvalue weighted by Gasteiger charge is 2.17. The molecule has 0 saturated heterocycles. The lowest BCUT2D eigenvalue weighted by atomic mass is 10.2. The van der Waals surface area contributed by atoms with Crippen LogP contribution in [0.4, 0.5) is 5.69 Å². The van der Waals surface area contributed by atoms with E-state index in [0.29, 0.717) is 16.9 Å². The van der Waals surface area contributed by atoms with E-state index in [-0.39, 0.29) is 10.8 Å². The second kappa shape index (κ2) is 7.02. The molecule has 3 rings (SSSR count). The summed E-state index contributed by atoms with van der Waals surface area (Å²) in [6, 6.07) is 12.8. The van der Waals surface area contributed by atoms with Crippen LogP contribution in [0.25, 0.3) is 5.69 Å². The molecular formula is C16H16N6O3S. The molecule has 0 aliphatic carbocycles. The maximum atomic E-state index is 12.4. The molecular weight excluding hydrogens is 356 g/mol. The number of hydrogen-bond acceptors (Lipinski definition) is 6. The van der Waals surface area contributed by atoms with Crippen molar-refractivity contribution in [3.8, 4) is 5.69 Å². The van der Waals surface area contributed by atoms with Crippen molar-refractivity contribution >= 4 is 21.6 Å². The molecule has 0 fully saturated rings. The van der Waals surface area contributed by atoms with Crippen molar-refractivity contribution in [3.63, 3.8) is 0 Å². The quantitative estimate of drug-likeness (QED) is 0.720. The van der Waals surface area contributed by atoms with Crippen molar-refractivity contribution in [2.24, 2.45) is 0 Å². The molecule has 2 aromatic carbocycles. The molecule has 1 aromatic heterocycles. The van der Waals surface area contributed by atoms with Gasteiger partial charge in [-0.1, -0.05) is 6.07 Å². The number of nitrogens with one attached hydrogen (secondary N) is 1. The molecule has 3 aromatic rings. The molecule has 0 unspecified atom stereocenters. The number of hydrogen-bond donors (Lipinski definition) is 1. The minimum absolute atomic E-state index is 0.154. The van der Waals surface area contributed by atoms with Crippen LogP contribution in [0, 0.1) is 0 Å². The third kappa shape index (κ3) is 3.60. The summed E-state index contributed by atoms with van der Waals surface area (Å²) in [5.41, 5.74) is 1.55. The Kier molecular flexibility index (Phi) is 4.78. The number of carbonyl (C=O) groups is 1. The first-order valence-corrected chi connectivity index (χ1v) is 8.99. The van der Waals surface area contributed by atoms with Crippen molar-refractivity contribution in [1.82, 2.24) is 24.5 Å². The highest BCUT2D eigenvalue weighted by molar-refractivity contribution is 7.89. The summed E-state index contributed by atoms with van der Waals surface area (Å²) in [5.74, 6) is -0.330. The fourth-order valence-corrected chi connectivity index (χ4v) is 3.10. The first-order chi connectivity index (χ1) is 12.4. The Morgan fingerprint density at radius 2 is 1.85 bits per heavy atom. The Hall–Kier alpha value is -3.11. The molecule has 0 aliphatic rings. The molecule has 0 radical (unpaired) electrons. The summed E-state index contributed by atoms with van der Waals surface area (Å²) >= 11 is 0. The zero-order chi connectivity index (χ0) is 18.7. The van der Waals surface area contributed by atoms with Gasteiger partial charge in [-0.25, -0.2) is 17.4 Å². The number of anilines is 1. The average molecular weight is 372 g/mol. The number of aromatic nitrogens is 4. The summed E-state index contributed by atoms with van der Waals surface area (Å²) < 4.78 is 26.7. The number of sulfonamides is 1. The molecule has 26 heavy (non-hydrogen) atoms. The average Bonchev–Trinajstić information content (AvgIpc) is 3.17. The Balaban J connectivity index is 1.77. The first kappa shape index (κ1) is 17.7. The van der Waals surface area contributed by atoms with Gasteiger partial charge in [0.25, 0.3) is 5.91 Å². The number of nitrogens with zero attached hydrogens (tertiary/aromatic N) is 5. The Morgan fingerprint density at radius 3 is 2.46 bits per heavy atom.